The maximum atomic E-state index is 13.1. The smallest absolute Gasteiger partial charge is 0.326 e. The molecule has 0 saturated carbocycles. The number of nitrogens with one attached hydrogen (secondary N) is 4. The van der Waals surface area contributed by atoms with Gasteiger partial charge in [-0.2, -0.15) is 0 Å². The molecule has 1 heterocycles. The Labute approximate surface area is 226 Å². The number of fused-ring (bicyclic) bond motifs is 1. The number of rotatable bonds is 16. The van der Waals surface area contributed by atoms with E-state index < -0.39 is 60.2 Å². The van der Waals surface area contributed by atoms with E-state index in [0.29, 0.717) is 24.9 Å². The fraction of sp³-hybridized carbons (Fsp3) is 0.500. The predicted molar refractivity (Wildman–Crippen MR) is 143 cm³/mol. The Morgan fingerprint density at radius 3 is 2.13 bits per heavy atom. The fourth-order valence-electron chi connectivity index (χ4n) is 3.98. The number of hydrogen-bond acceptors (Lipinski definition) is 7. The molecule has 13 heteroatoms. The van der Waals surface area contributed by atoms with Gasteiger partial charge in [-0.25, -0.2) is 4.79 Å². The van der Waals surface area contributed by atoms with Gasteiger partial charge in [-0.3, -0.25) is 19.2 Å². The largest absolute Gasteiger partial charge is 0.481 e. The molecule has 13 nitrogen and oxygen atoms in total. The predicted octanol–water partition coefficient (Wildman–Crippen LogP) is -0.164. The lowest BCUT2D eigenvalue weighted by atomic mass is 10.0. The molecular weight excluding hydrogens is 508 g/mol. The van der Waals surface area contributed by atoms with Crippen LogP contribution in [0.2, 0.25) is 0 Å². The highest BCUT2D eigenvalue weighted by atomic mass is 16.4. The third-order valence-corrected chi connectivity index (χ3v) is 6.33. The van der Waals surface area contributed by atoms with Crippen LogP contribution >= 0.6 is 0 Å². The summed E-state index contributed by atoms with van der Waals surface area (Å²) in [4.78, 5) is 65.1. The van der Waals surface area contributed by atoms with Crippen LogP contribution in [0.1, 0.15) is 45.1 Å². The number of aromatic nitrogens is 1. The average molecular weight is 547 g/mol. The van der Waals surface area contributed by atoms with Gasteiger partial charge in [0.15, 0.2) is 0 Å². The number of hydrogen-bond donors (Lipinski definition) is 8. The highest BCUT2D eigenvalue weighted by Gasteiger charge is 2.32. The van der Waals surface area contributed by atoms with Crippen LogP contribution in [0.25, 0.3) is 10.9 Å². The first kappa shape index (κ1) is 31.2. The number of amides is 3. The number of carboxylic acid groups (broad SMARTS) is 2. The molecule has 0 aliphatic heterocycles. The molecule has 0 saturated heterocycles. The highest BCUT2D eigenvalue weighted by molar-refractivity contribution is 5.96. The first-order chi connectivity index (χ1) is 18.4. The van der Waals surface area contributed by atoms with Crippen molar-refractivity contribution in [1.82, 2.24) is 20.9 Å². The molecule has 4 atom stereocenters. The van der Waals surface area contributed by atoms with E-state index >= 15 is 0 Å². The minimum absolute atomic E-state index is 0.0797. The number of H-pyrrole nitrogens is 1. The molecule has 0 radical (unpaired) electrons. The van der Waals surface area contributed by atoms with Gasteiger partial charge in [0.25, 0.3) is 0 Å². The maximum Gasteiger partial charge on any atom is 0.326 e. The average Bonchev–Trinajstić information content (AvgIpc) is 3.29. The molecule has 0 aliphatic carbocycles. The lowest BCUT2D eigenvalue weighted by Crippen LogP contribution is -2.58. The molecule has 4 unspecified atom stereocenters. The second-order valence-corrected chi connectivity index (χ2v) is 9.74. The Morgan fingerprint density at radius 1 is 0.897 bits per heavy atom. The van der Waals surface area contributed by atoms with Crippen molar-refractivity contribution in [3.05, 3.63) is 36.0 Å². The molecule has 0 bridgehead atoms. The molecule has 39 heavy (non-hydrogen) atoms. The third kappa shape index (κ3) is 9.37. The zero-order chi connectivity index (χ0) is 29.1. The van der Waals surface area contributed by atoms with Crippen molar-refractivity contribution in [2.24, 2.45) is 17.4 Å². The Bertz CT molecular complexity index is 1160. The standard InChI is InChI=1S/C26H38N6O7/c1-14(2)22(28)25(37)30-18(9-5-6-10-27)23(35)31-19(12-21(33)34)24(36)32-20(26(38)39)11-15-13-29-17-8-4-3-7-16(15)17/h3-4,7-8,13-14,18-20,22,29H,5-6,9-12,27-28H2,1-2H3,(H,30,37)(H,31,35)(H,32,36)(H,33,34)(H,38,39). The summed E-state index contributed by atoms with van der Waals surface area (Å²) >= 11 is 0. The van der Waals surface area contributed by atoms with E-state index in [9.17, 15) is 34.2 Å². The second-order valence-electron chi connectivity index (χ2n) is 9.74. The van der Waals surface area contributed by atoms with Crippen LogP contribution in [0, 0.1) is 5.92 Å². The normalized spacial score (nSPS) is 14.3. The van der Waals surface area contributed by atoms with Gasteiger partial charge in [0, 0.05) is 23.5 Å². The molecule has 3 amide bonds. The van der Waals surface area contributed by atoms with Crippen LogP contribution in [-0.2, 0) is 30.4 Å². The topological polar surface area (TPSA) is 230 Å². The van der Waals surface area contributed by atoms with Gasteiger partial charge >= 0.3 is 11.9 Å². The van der Waals surface area contributed by atoms with Crippen molar-refractivity contribution in [3.8, 4) is 0 Å². The van der Waals surface area contributed by atoms with E-state index in [2.05, 4.69) is 20.9 Å². The lowest BCUT2D eigenvalue weighted by Gasteiger charge is -2.25. The lowest BCUT2D eigenvalue weighted by molar-refractivity contribution is -0.143. The van der Waals surface area contributed by atoms with Gasteiger partial charge in [-0.1, -0.05) is 32.0 Å². The molecule has 10 N–H and O–H groups in total. The van der Waals surface area contributed by atoms with Gasteiger partial charge in [0.1, 0.15) is 18.1 Å². The summed E-state index contributed by atoms with van der Waals surface area (Å²) in [5.41, 5.74) is 12.8. The van der Waals surface area contributed by atoms with Crippen molar-refractivity contribution < 1.29 is 34.2 Å². The zero-order valence-electron chi connectivity index (χ0n) is 22.1. The summed E-state index contributed by atoms with van der Waals surface area (Å²) in [7, 11) is 0. The van der Waals surface area contributed by atoms with Crippen molar-refractivity contribution in [2.45, 2.75) is 70.1 Å². The van der Waals surface area contributed by atoms with Crippen molar-refractivity contribution >= 4 is 40.6 Å². The third-order valence-electron chi connectivity index (χ3n) is 6.33. The van der Waals surface area contributed by atoms with Crippen molar-refractivity contribution in [1.29, 1.82) is 0 Å². The molecule has 0 fully saturated rings. The van der Waals surface area contributed by atoms with Gasteiger partial charge in [0.05, 0.1) is 12.5 Å². The Kier molecular flexibility index (Phi) is 11.9. The van der Waals surface area contributed by atoms with Gasteiger partial charge in [-0.15, -0.1) is 0 Å². The van der Waals surface area contributed by atoms with Crippen LogP contribution in [0.15, 0.2) is 30.5 Å². The van der Waals surface area contributed by atoms with Crippen LogP contribution in [0.4, 0.5) is 0 Å². The number of carbonyl (C=O) groups is 5. The monoisotopic (exact) mass is 546 g/mol. The number of aromatic amines is 1. The number of unbranched alkanes of at least 4 members (excludes halogenated alkanes) is 1. The van der Waals surface area contributed by atoms with Crippen LogP contribution in [0.3, 0.4) is 0 Å². The SMILES string of the molecule is CC(C)C(N)C(=O)NC(CCCCN)C(=O)NC(CC(=O)O)C(=O)NC(Cc1c[nH]c2ccccc12)C(=O)O. The van der Waals surface area contributed by atoms with E-state index in [-0.39, 0.29) is 18.8 Å². The summed E-state index contributed by atoms with van der Waals surface area (Å²) in [6.07, 6.45) is 1.99. The van der Waals surface area contributed by atoms with Crippen LogP contribution in [0.5, 0.6) is 0 Å². The second kappa shape index (κ2) is 14.8. The molecule has 0 aliphatic rings. The summed E-state index contributed by atoms with van der Waals surface area (Å²) < 4.78 is 0. The minimum atomic E-state index is -1.59. The molecule has 2 aromatic rings. The zero-order valence-corrected chi connectivity index (χ0v) is 22.1. The number of para-hydroxylation sites is 1. The number of nitrogens with two attached hydrogens (primary N) is 2. The summed E-state index contributed by atoms with van der Waals surface area (Å²) in [6.45, 7) is 3.86. The molecule has 1 aromatic heterocycles. The summed E-state index contributed by atoms with van der Waals surface area (Å²) in [5, 5.41) is 27.2. The maximum absolute atomic E-state index is 13.1. The van der Waals surface area contributed by atoms with Crippen LogP contribution < -0.4 is 27.4 Å². The molecule has 0 spiro atoms. The summed E-state index contributed by atoms with van der Waals surface area (Å²) in [6, 6.07) is 2.28. The summed E-state index contributed by atoms with van der Waals surface area (Å²) in [5.74, 6) is -5.26. The van der Waals surface area contributed by atoms with E-state index in [1.165, 1.54) is 0 Å². The Hall–Kier alpha value is -3.97. The minimum Gasteiger partial charge on any atom is -0.481 e. The first-order valence-electron chi connectivity index (χ1n) is 12.8. The Balaban J connectivity index is 2.18. The van der Waals surface area contributed by atoms with E-state index in [1.54, 1.807) is 32.2 Å². The number of aliphatic carboxylic acids is 2. The first-order valence-corrected chi connectivity index (χ1v) is 12.8. The fourth-order valence-corrected chi connectivity index (χ4v) is 3.98. The highest BCUT2D eigenvalue weighted by Crippen LogP contribution is 2.19. The van der Waals surface area contributed by atoms with Crippen molar-refractivity contribution in [2.75, 3.05) is 6.54 Å². The van der Waals surface area contributed by atoms with E-state index in [0.717, 1.165) is 10.9 Å². The van der Waals surface area contributed by atoms with E-state index in [4.69, 9.17) is 11.5 Å². The van der Waals surface area contributed by atoms with Crippen LogP contribution in [-0.4, -0.2) is 75.6 Å². The number of benzene rings is 1. The number of carboxylic acids is 2. The molecule has 2 rings (SSSR count). The van der Waals surface area contributed by atoms with Crippen molar-refractivity contribution in [3.63, 3.8) is 0 Å². The van der Waals surface area contributed by atoms with Gasteiger partial charge < -0.3 is 42.6 Å². The Morgan fingerprint density at radius 2 is 1.51 bits per heavy atom. The molecular formula is C26H38N6O7. The van der Waals surface area contributed by atoms with E-state index in [1.807, 2.05) is 12.1 Å². The molecule has 214 valence electrons. The molecule has 1 aromatic carbocycles. The number of carbonyl (C=O) groups excluding carboxylic acids is 3. The quantitative estimate of drug-likeness (QED) is 0.131. The van der Waals surface area contributed by atoms with Gasteiger partial charge in [-0.05, 0) is 43.4 Å². The van der Waals surface area contributed by atoms with Gasteiger partial charge in [0.2, 0.25) is 17.7 Å².